The lowest BCUT2D eigenvalue weighted by atomic mass is 10.0. The van der Waals surface area contributed by atoms with Crippen LogP contribution in [-0.2, 0) is 6.54 Å². The van der Waals surface area contributed by atoms with Crippen LogP contribution >= 0.6 is 0 Å². The second-order valence-electron chi connectivity index (χ2n) is 9.00. The Balaban J connectivity index is 1.22. The molecule has 1 saturated carbocycles. The molecule has 3 heterocycles. The standard InChI is InChI=1S/C26H25F2N3/c27-26(28)19-11-13-30(15-19)24-7-3-5-17-10-12-31(16-21(17)24)25-14-20(25)23-9-8-18-4-1-2-6-22(18)29-23/h1-10,12,19-20,25-26H,11,13-16H2/t19?,20-,25+/m0/s1. The topological polar surface area (TPSA) is 19.4 Å². The number of para-hydroxylation sites is 1. The molecule has 1 aliphatic carbocycles. The molecule has 3 aliphatic rings. The van der Waals surface area contributed by atoms with Gasteiger partial charge < -0.3 is 9.80 Å². The zero-order valence-corrected chi connectivity index (χ0v) is 17.3. The van der Waals surface area contributed by atoms with E-state index in [1.165, 1.54) is 16.5 Å². The van der Waals surface area contributed by atoms with Crippen molar-refractivity contribution >= 4 is 22.7 Å². The molecule has 0 amide bonds. The first-order chi connectivity index (χ1) is 15.2. The average molecular weight is 418 g/mol. The molecule has 3 aromatic rings. The van der Waals surface area contributed by atoms with E-state index in [2.05, 4.69) is 58.5 Å². The number of alkyl halides is 2. The molecule has 2 aliphatic heterocycles. The van der Waals surface area contributed by atoms with Crippen molar-refractivity contribution in [1.82, 2.24) is 9.88 Å². The quantitative estimate of drug-likeness (QED) is 0.545. The van der Waals surface area contributed by atoms with E-state index in [9.17, 15) is 8.78 Å². The molecule has 1 unspecified atom stereocenters. The summed E-state index contributed by atoms with van der Waals surface area (Å²) >= 11 is 0. The van der Waals surface area contributed by atoms with E-state index in [1.54, 1.807) is 0 Å². The van der Waals surface area contributed by atoms with Crippen molar-refractivity contribution in [2.75, 3.05) is 18.0 Å². The van der Waals surface area contributed by atoms with Gasteiger partial charge in [0.05, 0.1) is 5.52 Å². The largest absolute Gasteiger partial charge is 0.371 e. The number of hydrogen-bond donors (Lipinski definition) is 0. The third-order valence-corrected chi connectivity index (χ3v) is 7.08. The molecule has 2 aromatic carbocycles. The predicted molar refractivity (Wildman–Crippen MR) is 120 cm³/mol. The Labute approximate surface area is 181 Å². The van der Waals surface area contributed by atoms with Gasteiger partial charge in [0, 0.05) is 66.0 Å². The molecular formula is C26H25F2N3. The van der Waals surface area contributed by atoms with Crippen molar-refractivity contribution in [3.05, 3.63) is 77.6 Å². The van der Waals surface area contributed by atoms with E-state index < -0.39 is 12.3 Å². The minimum Gasteiger partial charge on any atom is -0.371 e. The zero-order chi connectivity index (χ0) is 20.9. The van der Waals surface area contributed by atoms with E-state index in [1.807, 2.05) is 18.2 Å². The number of rotatable bonds is 4. The number of nitrogens with zero attached hydrogens (tertiary/aromatic N) is 3. The first-order valence-corrected chi connectivity index (χ1v) is 11.1. The van der Waals surface area contributed by atoms with Crippen LogP contribution in [0.1, 0.15) is 35.6 Å². The summed E-state index contributed by atoms with van der Waals surface area (Å²) in [6.07, 6.45) is 3.81. The average Bonchev–Trinajstić information content (AvgIpc) is 3.45. The van der Waals surface area contributed by atoms with Gasteiger partial charge in [-0.1, -0.05) is 36.4 Å². The number of aromatic nitrogens is 1. The van der Waals surface area contributed by atoms with Crippen LogP contribution in [0.2, 0.25) is 0 Å². The van der Waals surface area contributed by atoms with Crippen LogP contribution in [-0.4, -0.2) is 35.4 Å². The molecule has 0 N–H and O–H groups in total. The maximum absolute atomic E-state index is 13.2. The van der Waals surface area contributed by atoms with Crippen molar-refractivity contribution in [3.63, 3.8) is 0 Å². The summed E-state index contributed by atoms with van der Waals surface area (Å²) in [4.78, 5) is 9.47. The number of pyridine rings is 1. The summed E-state index contributed by atoms with van der Waals surface area (Å²) in [5.41, 5.74) is 5.80. The second kappa shape index (κ2) is 7.33. The summed E-state index contributed by atoms with van der Waals surface area (Å²) in [6.45, 7) is 1.99. The molecule has 3 atom stereocenters. The first kappa shape index (κ1) is 18.8. The molecule has 1 saturated heterocycles. The van der Waals surface area contributed by atoms with Gasteiger partial charge in [-0.3, -0.25) is 4.98 Å². The van der Waals surface area contributed by atoms with E-state index in [-0.39, 0.29) is 0 Å². The number of benzene rings is 2. The first-order valence-electron chi connectivity index (χ1n) is 11.1. The van der Waals surface area contributed by atoms with Crippen molar-refractivity contribution in [2.24, 2.45) is 5.92 Å². The van der Waals surface area contributed by atoms with Gasteiger partial charge in [-0.25, -0.2) is 8.78 Å². The lowest BCUT2D eigenvalue weighted by Crippen LogP contribution is -2.28. The van der Waals surface area contributed by atoms with Crippen molar-refractivity contribution < 1.29 is 8.78 Å². The highest BCUT2D eigenvalue weighted by Gasteiger charge is 2.44. The maximum Gasteiger partial charge on any atom is 0.243 e. The molecule has 31 heavy (non-hydrogen) atoms. The smallest absolute Gasteiger partial charge is 0.243 e. The van der Waals surface area contributed by atoms with Gasteiger partial charge in [-0.2, -0.15) is 0 Å². The van der Waals surface area contributed by atoms with Gasteiger partial charge in [0.1, 0.15) is 0 Å². The lowest BCUT2D eigenvalue weighted by Gasteiger charge is -2.30. The minimum atomic E-state index is -2.23. The fraction of sp³-hybridized carbons (Fsp3) is 0.346. The van der Waals surface area contributed by atoms with Crippen LogP contribution in [0.3, 0.4) is 0 Å². The van der Waals surface area contributed by atoms with Crippen LogP contribution in [0.5, 0.6) is 0 Å². The monoisotopic (exact) mass is 417 g/mol. The summed E-state index contributed by atoms with van der Waals surface area (Å²) in [7, 11) is 0. The molecule has 0 radical (unpaired) electrons. The van der Waals surface area contributed by atoms with Crippen LogP contribution in [0.25, 0.3) is 17.0 Å². The SMILES string of the molecule is FC(F)C1CCN(c2cccc3c2CN([C@@H]2C[C@H]2c2ccc4ccccc4n2)C=C3)C1. The molecule has 1 aromatic heterocycles. The zero-order valence-electron chi connectivity index (χ0n) is 17.3. The third kappa shape index (κ3) is 3.36. The van der Waals surface area contributed by atoms with E-state index in [0.29, 0.717) is 31.5 Å². The second-order valence-corrected chi connectivity index (χ2v) is 9.00. The van der Waals surface area contributed by atoms with Crippen LogP contribution in [0.4, 0.5) is 14.5 Å². The van der Waals surface area contributed by atoms with E-state index >= 15 is 0 Å². The number of halogens is 2. The Hall–Kier alpha value is -2.95. The van der Waals surface area contributed by atoms with Gasteiger partial charge in [0.15, 0.2) is 0 Å². The van der Waals surface area contributed by atoms with E-state index in [0.717, 1.165) is 29.9 Å². The van der Waals surface area contributed by atoms with Crippen molar-refractivity contribution in [3.8, 4) is 0 Å². The third-order valence-electron chi connectivity index (χ3n) is 7.08. The highest BCUT2D eigenvalue weighted by atomic mass is 19.3. The number of anilines is 1. The Morgan fingerprint density at radius 2 is 1.90 bits per heavy atom. The van der Waals surface area contributed by atoms with Crippen LogP contribution < -0.4 is 4.90 Å². The Bertz CT molecular complexity index is 1160. The Kier molecular flexibility index (Phi) is 4.44. The summed E-state index contributed by atoms with van der Waals surface area (Å²) < 4.78 is 26.4. The Morgan fingerprint density at radius 1 is 1.00 bits per heavy atom. The van der Waals surface area contributed by atoms with Crippen molar-refractivity contribution in [1.29, 1.82) is 0 Å². The normalized spacial score (nSPS) is 24.8. The van der Waals surface area contributed by atoms with Gasteiger partial charge in [-0.05, 0) is 42.7 Å². The molecule has 158 valence electrons. The van der Waals surface area contributed by atoms with Crippen LogP contribution in [0, 0.1) is 5.92 Å². The van der Waals surface area contributed by atoms with Gasteiger partial charge >= 0.3 is 0 Å². The molecule has 6 rings (SSSR count). The van der Waals surface area contributed by atoms with Gasteiger partial charge in [-0.15, -0.1) is 0 Å². The number of hydrogen-bond acceptors (Lipinski definition) is 3. The molecule has 3 nitrogen and oxygen atoms in total. The summed E-state index contributed by atoms with van der Waals surface area (Å²) in [5, 5.41) is 1.17. The molecular weight excluding hydrogens is 392 g/mol. The van der Waals surface area contributed by atoms with E-state index in [4.69, 9.17) is 4.98 Å². The molecule has 0 spiro atoms. The van der Waals surface area contributed by atoms with Gasteiger partial charge in [0.2, 0.25) is 6.43 Å². The van der Waals surface area contributed by atoms with Gasteiger partial charge in [0.25, 0.3) is 0 Å². The molecule has 2 fully saturated rings. The van der Waals surface area contributed by atoms with Crippen LogP contribution in [0.15, 0.2) is 60.8 Å². The van der Waals surface area contributed by atoms with Crippen molar-refractivity contribution in [2.45, 2.75) is 37.8 Å². The lowest BCUT2D eigenvalue weighted by molar-refractivity contribution is 0.0880. The number of fused-ring (bicyclic) bond motifs is 2. The fourth-order valence-electron chi connectivity index (χ4n) is 5.22. The highest BCUT2D eigenvalue weighted by molar-refractivity contribution is 5.78. The molecule has 5 heteroatoms. The Morgan fingerprint density at radius 3 is 2.77 bits per heavy atom. The minimum absolute atomic E-state index is 0.443. The molecule has 0 bridgehead atoms. The fourth-order valence-corrected chi connectivity index (χ4v) is 5.22. The summed E-state index contributed by atoms with van der Waals surface area (Å²) in [6, 6.07) is 19.3. The summed E-state index contributed by atoms with van der Waals surface area (Å²) in [5.74, 6) is -0.0733. The predicted octanol–water partition coefficient (Wildman–Crippen LogP) is 5.67. The highest BCUT2D eigenvalue weighted by Crippen LogP contribution is 2.47. The maximum atomic E-state index is 13.2.